The summed E-state index contributed by atoms with van der Waals surface area (Å²) in [6, 6.07) is 0.619. The van der Waals surface area contributed by atoms with Crippen molar-refractivity contribution in [2.24, 2.45) is 11.8 Å². The Morgan fingerprint density at radius 3 is 2.61 bits per heavy atom. The van der Waals surface area contributed by atoms with E-state index in [2.05, 4.69) is 26.2 Å². The van der Waals surface area contributed by atoms with Crippen LogP contribution in [0.5, 0.6) is 0 Å². The van der Waals surface area contributed by atoms with E-state index in [1.54, 1.807) is 0 Å². The summed E-state index contributed by atoms with van der Waals surface area (Å²) in [5.74, 6) is 1.61. The van der Waals surface area contributed by atoms with E-state index in [1.165, 1.54) is 19.3 Å². The molecule has 2 aliphatic rings. The first kappa shape index (κ1) is 14.3. The monoisotopic (exact) mass is 255 g/mol. The molecule has 0 radical (unpaired) electrons. The largest absolute Gasteiger partial charge is 0.381 e. The molecule has 0 bridgehead atoms. The third kappa shape index (κ3) is 3.46. The third-order valence-corrected chi connectivity index (χ3v) is 4.96. The summed E-state index contributed by atoms with van der Waals surface area (Å²) < 4.78 is 11.6. The summed E-state index contributed by atoms with van der Waals surface area (Å²) in [4.78, 5) is 0. The minimum absolute atomic E-state index is 0.151. The molecule has 1 spiro atoms. The molecule has 2 rings (SSSR count). The van der Waals surface area contributed by atoms with Gasteiger partial charge in [0.2, 0.25) is 0 Å². The van der Waals surface area contributed by atoms with Crippen LogP contribution in [-0.2, 0) is 9.47 Å². The third-order valence-electron chi connectivity index (χ3n) is 4.96. The van der Waals surface area contributed by atoms with Crippen molar-refractivity contribution in [2.75, 3.05) is 26.9 Å². The van der Waals surface area contributed by atoms with E-state index in [9.17, 15) is 0 Å². The maximum Gasteiger partial charge on any atom is 0.0729 e. The van der Waals surface area contributed by atoms with Crippen molar-refractivity contribution in [3.8, 4) is 0 Å². The lowest BCUT2D eigenvalue weighted by atomic mass is 9.74. The molecule has 2 fully saturated rings. The SMILES string of the molecule is CNC(C)CC(C)C1CCOC2(CCOCC2)C1. The molecule has 2 aliphatic heterocycles. The van der Waals surface area contributed by atoms with Gasteiger partial charge in [0.1, 0.15) is 0 Å². The lowest BCUT2D eigenvalue weighted by Crippen LogP contribution is -2.45. The van der Waals surface area contributed by atoms with Gasteiger partial charge in [0.05, 0.1) is 5.60 Å². The average Bonchev–Trinajstić information content (AvgIpc) is 2.39. The molecule has 0 aromatic carbocycles. The molecule has 0 aromatic heterocycles. The second-order valence-corrected chi connectivity index (χ2v) is 6.30. The molecule has 0 aliphatic carbocycles. The predicted molar refractivity (Wildman–Crippen MR) is 73.8 cm³/mol. The van der Waals surface area contributed by atoms with Gasteiger partial charge in [-0.1, -0.05) is 6.92 Å². The van der Waals surface area contributed by atoms with E-state index in [1.807, 2.05) is 0 Å². The van der Waals surface area contributed by atoms with Gasteiger partial charge in [0.15, 0.2) is 0 Å². The van der Waals surface area contributed by atoms with Crippen molar-refractivity contribution in [2.45, 2.75) is 57.6 Å². The number of hydrogen-bond donors (Lipinski definition) is 1. The van der Waals surface area contributed by atoms with Crippen molar-refractivity contribution in [1.82, 2.24) is 5.32 Å². The quantitative estimate of drug-likeness (QED) is 0.837. The first-order valence-electron chi connectivity index (χ1n) is 7.54. The first-order chi connectivity index (χ1) is 8.65. The van der Waals surface area contributed by atoms with Crippen molar-refractivity contribution in [3.63, 3.8) is 0 Å². The van der Waals surface area contributed by atoms with Crippen LogP contribution in [0.2, 0.25) is 0 Å². The Kier molecular flexibility index (Phi) is 5.05. The fourth-order valence-corrected chi connectivity index (χ4v) is 3.51. The molecule has 3 unspecified atom stereocenters. The summed E-state index contributed by atoms with van der Waals surface area (Å²) in [7, 11) is 2.06. The summed E-state index contributed by atoms with van der Waals surface area (Å²) in [6.07, 6.45) is 5.94. The van der Waals surface area contributed by atoms with Crippen LogP contribution in [0.4, 0.5) is 0 Å². The zero-order chi connectivity index (χ0) is 13.0. The number of hydrogen-bond acceptors (Lipinski definition) is 3. The summed E-state index contributed by atoms with van der Waals surface area (Å²) in [5, 5.41) is 3.35. The van der Waals surface area contributed by atoms with Gasteiger partial charge in [-0.05, 0) is 57.9 Å². The lowest BCUT2D eigenvalue weighted by molar-refractivity contribution is -0.152. The Balaban J connectivity index is 1.89. The minimum Gasteiger partial charge on any atom is -0.381 e. The normalized spacial score (nSPS) is 31.2. The lowest BCUT2D eigenvalue weighted by Gasteiger charge is -2.45. The minimum atomic E-state index is 0.151. The maximum absolute atomic E-state index is 6.12. The van der Waals surface area contributed by atoms with Gasteiger partial charge in [0, 0.05) is 25.9 Å². The van der Waals surface area contributed by atoms with E-state index < -0.39 is 0 Å². The molecule has 0 saturated carbocycles. The zero-order valence-corrected chi connectivity index (χ0v) is 12.2. The Labute approximate surface area is 112 Å². The standard InChI is InChI=1S/C15H29NO2/c1-12(10-13(2)16-3)14-4-7-18-15(11-14)5-8-17-9-6-15/h12-14,16H,4-11H2,1-3H3. The van der Waals surface area contributed by atoms with Crippen LogP contribution in [-0.4, -0.2) is 38.5 Å². The van der Waals surface area contributed by atoms with Gasteiger partial charge < -0.3 is 14.8 Å². The van der Waals surface area contributed by atoms with Gasteiger partial charge in [-0.2, -0.15) is 0 Å². The second kappa shape index (κ2) is 6.36. The Morgan fingerprint density at radius 2 is 1.94 bits per heavy atom. The fraction of sp³-hybridized carbons (Fsp3) is 1.00. The van der Waals surface area contributed by atoms with Gasteiger partial charge in [0.25, 0.3) is 0 Å². The zero-order valence-electron chi connectivity index (χ0n) is 12.2. The smallest absolute Gasteiger partial charge is 0.0729 e. The van der Waals surface area contributed by atoms with E-state index in [-0.39, 0.29) is 5.60 Å². The van der Waals surface area contributed by atoms with E-state index in [0.717, 1.165) is 44.5 Å². The van der Waals surface area contributed by atoms with Crippen LogP contribution >= 0.6 is 0 Å². The highest BCUT2D eigenvalue weighted by Gasteiger charge is 2.40. The Hall–Kier alpha value is -0.120. The van der Waals surface area contributed by atoms with Crippen molar-refractivity contribution >= 4 is 0 Å². The molecule has 0 amide bonds. The maximum atomic E-state index is 6.12. The molecule has 1 N–H and O–H groups in total. The van der Waals surface area contributed by atoms with Crippen LogP contribution < -0.4 is 5.32 Å². The molecule has 0 aromatic rings. The van der Waals surface area contributed by atoms with Crippen LogP contribution in [0.25, 0.3) is 0 Å². The Morgan fingerprint density at radius 1 is 1.22 bits per heavy atom. The van der Waals surface area contributed by atoms with Gasteiger partial charge >= 0.3 is 0 Å². The van der Waals surface area contributed by atoms with E-state index >= 15 is 0 Å². The summed E-state index contributed by atoms with van der Waals surface area (Å²) in [6.45, 7) is 7.40. The molecular weight excluding hydrogens is 226 g/mol. The van der Waals surface area contributed by atoms with Crippen LogP contribution in [0.1, 0.15) is 46.0 Å². The second-order valence-electron chi connectivity index (χ2n) is 6.30. The summed E-state index contributed by atoms with van der Waals surface area (Å²) in [5.41, 5.74) is 0.151. The average molecular weight is 255 g/mol. The number of nitrogens with one attached hydrogen (secondary N) is 1. The highest BCUT2D eigenvalue weighted by atomic mass is 16.5. The molecule has 106 valence electrons. The Bertz CT molecular complexity index is 245. The van der Waals surface area contributed by atoms with Crippen molar-refractivity contribution in [1.29, 1.82) is 0 Å². The van der Waals surface area contributed by atoms with Crippen LogP contribution in [0.15, 0.2) is 0 Å². The molecule has 3 atom stereocenters. The molecule has 2 heterocycles. The summed E-state index contributed by atoms with van der Waals surface area (Å²) >= 11 is 0. The molecule has 2 saturated heterocycles. The van der Waals surface area contributed by atoms with Gasteiger partial charge in [-0.15, -0.1) is 0 Å². The van der Waals surface area contributed by atoms with Crippen LogP contribution in [0, 0.1) is 11.8 Å². The predicted octanol–water partition coefficient (Wildman–Crippen LogP) is 2.60. The highest BCUT2D eigenvalue weighted by Crippen LogP contribution is 2.40. The highest BCUT2D eigenvalue weighted by molar-refractivity contribution is 4.90. The number of ether oxygens (including phenoxy) is 2. The first-order valence-corrected chi connectivity index (χ1v) is 7.54. The molecule has 18 heavy (non-hydrogen) atoms. The molecular formula is C15H29NO2. The number of rotatable bonds is 4. The van der Waals surface area contributed by atoms with Crippen molar-refractivity contribution < 1.29 is 9.47 Å². The van der Waals surface area contributed by atoms with Crippen molar-refractivity contribution in [3.05, 3.63) is 0 Å². The van der Waals surface area contributed by atoms with Crippen LogP contribution in [0.3, 0.4) is 0 Å². The van der Waals surface area contributed by atoms with Gasteiger partial charge in [-0.25, -0.2) is 0 Å². The van der Waals surface area contributed by atoms with E-state index in [4.69, 9.17) is 9.47 Å². The van der Waals surface area contributed by atoms with Gasteiger partial charge in [-0.3, -0.25) is 0 Å². The fourth-order valence-electron chi connectivity index (χ4n) is 3.51. The topological polar surface area (TPSA) is 30.5 Å². The molecule has 3 heteroatoms. The van der Waals surface area contributed by atoms with E-state index in [0.29, 0.717) is 6.04 Å². The molecule has 3 nitrogen and oxygen atoms in total.